The lowest BCUT2D eigenvalue weighted by atomic mass is 9.99. The van der Waals surface area contributed by atoms with E-state index in [1.54, 1.807) is 24.6 Å². The minimum Gasteiger partial charge on any atom is -0.383 e. The maximum absolute atomic E-state index is 13.0. The van der Waals surface area contributed by atoms with E-state index in [9.17, 15) is 9.59 Å². The lowest BCUT2D eigenvalue weighted by Crippen LogP contribution is -2.25. The van der Waals surface area contributed by atoms with Gasteiger partial charge in [-0.2, -0.15) is 5.10 Å². The summed E-state index contributed by atoms with van der Waals surface area (Å²) >= 11 is 1.55. The number of benzene rings is 1. The first-order valence-electron chi connectivity index (χ1n) is 11.5. The van der Waals surface area contributed by atoms with Crippen LogP contribution in [0.3, 0.4) is 0 Å². The molecule has 0 saturated carbocycles. The van der Waals surface area contributed by atoms with E-state index in [-0.39, 0.29) is 5.91 Å². The molecule has 9 heteroatoms. The van der Waals surface area contributed by atoms with Crippen LogP contribution in [0.1, 0.15) is 17.7 Å². The average molecular weight is 476 g/mol. The summed E-state index contributed by atoms with van der Waals surface area (Å²) in [7, 11) is 1.73. The summed E-state index contributed by atoms with van der Waals surface area (Å²) in [6.07, 6.45) is 2.90. The number of hydrogen-bond donors (Lipinski definition) is 2. The number of para-hydroxylation sites is 1. The van der Waals surface area contributed by atoms with Crippen molar-refractivity contribution in [3.05, 3.63) is 53.2 Å². The van der Waals surface area contributed by atoms with Crippen LogP contribution in [0.2, 0.25) is 0 Å². The molecule has 1 saturated heterocycles. The van der Waals surface area contributed by atoms with Crippen molar-refractivity contribution in [1.82, 2.24) is 25.0 Å². The van der Waals surface area contributed by atoms with Gasteiger partial charge in [0.1, 0.15) is 5.69 Å². The molecule has 2 amide bonds. The van der Waals surface area contributed by atoms with Crippen LogP contribution < -0.4 is 5.32 Å². The molecule has 1 unspecified atom stereocenters. The van der Waals surface area contributed by atoms with Crippen LogP contribution in [-0.4, -0.2) is 64.8 Å². The van der Waals surface area contributed by atoms with Crippen LogP contribution in [0, 0.1) is 5.92 Å². The Morgan fingerprint density at radius 2 is 2.03 bits per heavy atom. The van der Waals surface area contributed by atoms with Gasteiger partial charge in [-0.05, 0) is 36.4 Å². The van der Waals surface area contributed by atoms with Gasteiger partial charge in [0.15, 0.2) is 0 Å². The second-order valence-corrected chi connectivity index (χ2v) is 9.81. The predicted molar refractivity (Wildman–Crippen MR) is 132 cm³/mol. The van der Waals surface area contributed by atoms with Crippen LogP contribution in [0.5, 0.6) is 0 Å². The van der Waals surface area contributed by atoms with Crippen molar-refractivity contribution in [2.45, 2.75) is 13.0 Å². The number of imide groups is 1. The smallest absolute Gasteiger partial charge is 0.261 e. The van der Waals surface area contributed by atoms with Crippen LogP contribution in [0.4, 0.5) is 0 Å². The Balaban J connectivity index is 1.42. The molecule has 0 aliphatic carbocycles. The van der Waals surface area contributed by atoms with Gasteiger partial charge in [-0.15, -0.1) is 11.3 Å². The number of aromatic nitrogens is 3. The van der Waals surface area contributed by atoms with Gasteiger partial charge in [-0.3, -0.25) is 19.6 Å². The lowest BCUT2D eigenvalue weighted by Gasteiger charge is -2.15. The van der Waals surface area contributed by atoms with E-state index in [4.69, 9.17) is 9.84 Å². The fraction of sp³-hybridized carbons (Fsp3) is 0.320. The minimum atomic E-state index is -0.395. The average Bonchev–Trinajstić information content (AvgIpc) is 3.63. The van der Waals surface area contributed by atoms with Gasteiger partial charge in [-0.25, -0.2) is 0 Å². The fourth-order valence-electron chi connectivity index (χ4n) is 5.15. The number of methoxy groups -OCH3 is 1. The minimum absolute atomic E-state index is 0.349. The molecule has 0 spiro atoms. The molecule has 0 radical (unpaired) electrons. The second kappa shape index (κ2) is 8.50. The first kappa shape index (κ1) is 21.3. The van der Waals surface area contributed by atoms with Crippen molar-refractivity contribution in [2.24, 2.45) is 5.92 Å². The molecule has 4 aromatic rings. The molecule has 34 heavy (non-hydrogen) atoms. The number of thiophene rings is 1. The summed E-state index contributed by atoms with van der Waals surface area (Å²) in [4.78, 5) is 31.6. The van der Waals surface area contributed by atoms with E-state index in [1.165, 1.54) is 0 Å². The number of ether oxygens (including phenoxy) is 1. The van der Waals surface area contributed by atoms with Gasteiger partial charge in [0.25, 0.3) is 11.8 Å². The summed E-state index contributed by atoms with van der Waals surface area (Å²) in [6, 6.07) is 9.92. The molecule has 0 bridgehead atoms. The maximum Gasteiger partial charge on any atom is 0.261 e. The van der Waals surface area contributed by atoms with Crippen molar-refractivity contribution in [1.29, 1.82) is 0 Å². The summed E-state index contributed by atoms with van der Waals surface area (Å²) in [5, 5.41) is 10.3. The van der Waals surface area contributed by atoms with Gasteiger partial charge in [0.2, 0.25) is 0 Å². The van der Waals surface area contributed by atoms with E-state index in [2.05, 4.69) is 15.2 Å². The number of amides is 2. The van der Waals surface area contributed by atoms with E-state index >= 15 is 0 Å². The van der Waals surface area contributed by atoms with Crippen molar-refractivity contribution in [3.63, 3.8) is 0 Å². The number of hydrogen-bond acceptors (Lipinski definition) is 6. The molecule has 6 rings (SSSR count). The van der Waals surface area contributed by atoms with Crippen LogP contribution >= 0.6 is 11.3 Å². The summed E-state index contributed by atoms with van der Waals surface area (Å²) < 4.78 is 8.19. The van der Waals surface area contributed by atoms with Crippen LogP contribution in [0.15, 0.2) is 41.9 Å². The standard InChI is InChI=1S/C25H25N5O3S/c1-33-10-9-29-8-6-15(13-29)14-30-19-5-3-2-4-16(19)22(28-30)21-20(24(31)27-25(21)32)17-12-26-18-7-11-34-23(17)18/h2-5,7,11-12,15,26H,6,8-10,13-14H2,1H3,(H,27,31,32). The molecule has 174 valence electrons. The predicted octanol–water partition coefficient (Wildman–Crippen LogP) is 3.11. The summed E-state index contributed by atoms with van der Waals surface area (Å²) in [6.45, 7) is 4.49. The van der Waals surface area contributed by atoms with E-state index in [0.29, 0.717) is 22.8 Å². The zero-order chi connectivity index (χ0) is 23.2. The van der Waals surface area contributed by atoms with Gasteiger partial charge in [0, 0.05) is 43.9 Å². The number of nitrogens with zero attached hydrogens (tertiary/aromatic N) is 3. The summed E-state index contributed by atoms with van der Waals surface area (Å²) in [5.41, 5.74) is 3.97. The van der Waals surface area contributed by atoms with Gasteiger partial charge in [0.05, 0.1) is 33.5 Å². The summed E-state index contributed by atoms with van der Waals surface area (Å²) in [5.74, 6) is -0.304. The topological polar surface area (TPSA) is 92.2 Å². The van der Waals surface area contributed by atoms with Crippen molar-refractivity contribution in [2.75, 3.05) is 33.4 Å². The molecular formula is C25H25N5O3S. The molecule has 2 aliphatic rings. The number of aromatic amines is 1. The zero-order valence-electron chi connectivity index (χ0n) is 18.8. The first-order valence-corrected chi connectivity index (χ1v) is 12.3. The molecule has 2 N–H and O–H groups in total. The molecule has 1 fully saturated rings. The Morgan fingerprint density at radius 1 is 1.18 bits per heavy atom. The van der Waals surface area contributed by atoms with Crippen molar-refractivity contribution < 1.29 is 14.3 Å². The van der Waals surface area contributed by atoms with Gasteiger partial charge >= 0.3 is 0 Å². The third-order valence-corrected chi connectivity index (χ3v) is 7.74. The maximum atomic E-state index is 13.0. The molecule has 5 heterocycles. The third kappa shape index (κ3) is 3.48. The molecule has 1 atom stereocenters. The zero-order valence-corrected chi connectivity index (χ0v) is 19.7. The quantitative estimate of drug-likeness (QED) is 0.401. The number of nitrogens with one attached hydrogen (secondary N) is 2. The SMILES string of the molecule is COCCN1CCC(Cn2nc(C3=C(c4c[nH]c5ccsc45)C(=O)NC3=O)c3ccccc32)C1. The van der Waals surface area contributed by atoms with E-state index < -0.39 is 5.91 Å². The Labute approximate surface area is 200 Å². The third-order valence-electron chi connectivity index (χ3n) is 6.79. The Bertz CT molecular complexity index is 1450. The van der Waals surface area contributed by atoms with Crippen molar-refractivity contribution >= 4 is 55.4 Å². The highest BCUT2D eigenvalue weighted by Crippen LogP contribution is 2.38. The molecular weight excluding hydrogens is 450 g/mol. The number of H-pyrrole nitrogens is 1. The Hall–Kier alpha value is -3.27. The monoisotopic (exact) mass is 475 g/mol. The highest BCUT2D eigenvalue weighted by molar-refractivity contribution is 7.17. The van der Waals surface area contributed by atoms with Gasteiger partial charge in [-0.1, -0.05) is 18.2 Å². The highest BCUT2D eigenvalue weighted by Gasteiger charge is 2.36. The van der Waals surface area contributed by atoms with Crippen LogP contribution in [0.25, 0.3) is 32.3 Å². The van der Waals surface area contributed by atoms with Gasteiger partial charge < -0.3 is 14.6 Å². The molecule has 2 aliphatic heterocycles. The molecule has 8 nitrogen and oxygen atoms in total. The number of rotatable bonds is 7. The van der Waals surface area contributed by atoms with Crippen molar-refractivity contribution in [3.8, 4) is 0 Å². The second-order valence-electron chi connectivity index (χ2n) is 8.89. The Kier molecular flexibility index (Phi) is 5.32. The first-order chi connectivity index (χ1) is 16.6. The fourth-order valence-corrected chi connectivity index (χ4v) is 6.03. The lowest BCUT2D eigenvalue weighted by molar-refractivity contribution is -0.122. The number of likely N-dealkylation sites (tertiary alicyclic amines) is 1. The number of carbonyl (C=O) groups is 2. The molecule has 3 aromatic heterocycles. The number of fused-ring (bicyclic) bond motifs is 2. The number of carbonyl (C=O) groups excluding carboxylic acids is 2. The molecule has 1 aromatic carbocycles. The largest absolute Gasteiger partial charge is 0.383 e. The Morgan fingerprint density at radius 3 is 2.91 bits per heavy atom. The van der Waals surface area contributed by atoms with E-state index in [0.717, 1.165) is 65.9 Å². The highest BCUT2D eigenvalue weighted by atomic mass is 32.1. The normalized spacial score (nSPS) is 19.3. The van der Waals surface area contributed by atoms with Crippen LogP contribution in [-0.2, 0) is 20.9 Å². The van der Waals surface area contributed by atoms with E-state index in [1.807, 2.05) is 40.4 Å².